The minimum Gasteiger partial charge on any atom is -0.387 e. The molecule has 2 heterocycles. The van der Waals surface area contributed by atoms with E-state index in [9.17, 15) is 5.11 Å². The fourth-order valence-electron chi connectivity index (χ4n) is 1.83. The number of thiazole rings is 1. The topological polar surface area (TPSA) is 50.9 Å². The van der Waals surface area contributed by atoms with E-state index in [2.05, 4.69) is 30.7 Å². The van der Waals surface area contributed by atoms with E-state index in [0.29, 0.717) is 6.42 Å². The number of rotatable bonds is 4. The van der Waals surface area contributed by atoms with Gasteiger partial charge in [-0.05, 0) is 6.42 Å². The SMILES string of the molecule is Cn1ccnc1CCC(O)c1csc(C(C)(C)C)n1. The quantitative estimate of drug-likeness (QED) is 0.936. The highest BCUT2D eigenvalue weighted by Gasteiger charge is 2.20. The Morgan fingerprint density at radius 1 is 1.42 bits per heavy atom. The summed E-state index contributed by atoms with van der Waals surface area (Å²) >= 11 is 1.62. The van der Waals surface area contributed by atoms with Crippen LogP contribution in [-0.2, 0) is 18.9 Å². The van der Waals surface area contributed by atoms with Crippen LogP contribution in [0.2, 0.25) is 0 Å². The fourth-order valence-corrected chi connectivity index (χ4v) is 2.79. The van der Waals surface area contributed by atoms with Crippen molar-refractivity contribution in [1.29, 1.82) is 0 Å². The van der Waals surface area contributed by atoms with Crippen molar-refractivity contribution < 1.29 is 5.11 Å². The van der Waals surface area contributed by atoms with Crippen molar-refractivity contribution in [1.82, 2.24) is 14.5 Å². The maximum Gasteiger partial charge on any atom is 0.108 e. The Labute approximate surface area is 118 Å². The van der Waals surface area contributed by atoms with Gasteiger partial charge in [0.2, 0.25) is 0 Å². The molecule has 2 aromatic rings. The number of aliphatic hydroxyl groups is 1. The van der Waals surface area contributed by atoms with Crippen molar-refractivity contribution in [2.24, 2.45) is 7.05 Å². The van der Waals surface area contributed by atoms with Gasteiger partial charge in [0.05, 0.1) is 16.8 Å². The molecule has 4 nitrogen and oxygen atoms in total. The molecule has 2 aromatic heterocycles. The van der Waals surface area contributed by atoms with Crippen LogP contribution in [0.25, 0.3) is 0 Å². The predicted molar refractivity (Wildman–Crippen MR) is 77.3 cm³/mol. The Balaban J connectivity index is 1.98. The molecular weight excluding hydrogens is 258 g/mol. The third-order valence-corrected chi connectivity index (χ3v) is 4.35. The third-order valence-electron chi connectivity index (χ3n) is 3.07. The first-order valence-corrected chi connectivity index (χ1v) is 7.36. The van der Waals surface area contributed by atoms with Crippen LogP contribution in [0.5, 0.6) is 0 Å². The Bertz CT molecular complexity index is 539. The summed E-state index contributed by atoms with van der Waals surface area (Å²) in [7, 11) is 1.97. The van der Waals surface area contributed by atoms with E-state index in [4.69, 9.17) is 0 Å². The number of aryl methyl sites for hydroxylation is 2. The lowest BCUT2D eigenvalue weighted by molar-refractivity contribution is 0.162. The molecule has 5 heteroatoms. The normalized spacial score (nSPS) is 13.7. The third kappa shape index (κ3) is 3.42. The van der Waals surface area contributed by atoms with E-state index < -0.39 is 6.10 Å². The molecule has 0 bridgehead atoms. The number of hydrogen-bond acceptors (Lipinski definition) is 4. The van der Waals surface area contributed by atoms with Crippen molar-refractivity contribution in [3.8, 4) is 0 Å². The molecule has 0 aliphatic heterocycles. The molecule has 1 atom stereocenters. The second-order valence-electron chi connectivity index (χ2n) is 5.84. The largest absolute Gasteiger partial charge is 0.387 e. The number of hydrogen-bond donors (Lipinski definition) is 1. The molecule has 0 amide bonds. The fraction of sp³-hybridized carbons (Fsp3) is 0.571. The van der Waals surface area contributed by atoms with Crippen LogP contribution in [0, 0.1) is 0 Å². The molecule has 2 rings (SSSR count). The molecule has 0 saturated carbocycles. The van der Waals surface area contributed by atoms with Crippen LogP contribution in [-0.4, -0.2) is 19.6 Å². The van der Waals surface area contributed by atoms with Gasteiger partial charge in [-0.3, -0.25) is 0 Å². The molecule has 0 spiro atoms. The van der Waals surface area contributed by atoms with Gasteiger partial charge in [-0.15, -0.1) is 11.3 Å². The minimum absolute atomic E-state index is 0.0440. The van der Waals surface area contributed by atoms with Crippen LogP contribution in [0.15, 0.2) is 17.8 Å². The van der Waals surface area contributed by atoms with Crippen molar-refractivity contribution in [2.75, 3.05) is 0 Å². The average molecular weight is 279 g/mol. The van der Waals surface area contributed by atoms with Gasteiger partial charge >= 0.3 is 0 Å². The molecule has 0 aliphatic carbocycles. The summed E-state index contributed by atoms with van der Waals surface area (Å²) in [6.07, 6.45) is 4.60. The van der Waals surface area contributed by atoms with E-state index in [1.165, 1.54) is 0 Å². The predicted octanol–water partition coefficient (Wildman–Crippen LogP) is 2.84. The number of aliphatic hydroxyl groups excluding tert-OH is 1. The lowest BCUT2D eigenvalue weighted by Crippen LogP contribution is -2.11. The number of aromatic nitrogens is 3. The van der Waals surface area contributed by atoms with Gasteiger partial charge in [-0.2, -0.15) is 0 Å². The molecule has 19 heavy (non-hydrogen) atoms. The van der Waals surface area contributed by atoms with Gasteiger partial charge < -0.3 is 9.67 Å². The maximum atomic E-state index is 10.2. The summed E-state index contributed by atoms with van der Waals surface area (Å²) in [5.41, 5.74) is 0.826. The van der Waals surface area contributed by atoms with Gasteiger partial charge in [0.1, 0.15) is 5.82 Å². The molecular formula is C14H21N3OS. The van der Waals surface area contributed by atoms with Crippen LogP contribution in [0.1, 0.15) is 49.8 Å². The zero-order valence-corrected chi connectivity index (χ0v) is 12.7. The van der Waals surface area contributed by atoms with Crippen LogP contribution in [0.4, 0.5) is 0 Å². The zero-order chi connectivity index (χ0) is 14.0. The molecule has 0 aromatic carbocycles. The monoisotopic (exact) mass is 279 g/mol. The van der Waals surface area contributed by atoms with Crippen molar-refractivity contribution in [3.63, 3.8) is 0 Å². The van der Waals surface area contributed by atoms with Gasteiger partial charge in [-0.25, -0.2) is 9.97 Å². The van der Waals surface area contributed by atoms with Crippen molar-refractivity contribution >= 4 is 11.3 Å². The van der Waals surface area contributed by atoms with Crippen LogP contribution >= 0.6 is 11.3 Å². The maximum absolute atomic E-state index is 10.2. The first-order chi connectivity index (χ1) is 8.88. The zero-order valence-electron chi connectivity index (χ0n) is 11.9. The van der Waals surface area contributed by atoms with E-state index >= 15 is 0 Å². The smallest absolute Gasteiger partial charge is 0.108 e. The van der Waals surface area contributed by atoms with E-state index in [0.717, 1.165) is 22.9 Å². The lowest BCUT2D eigenvalue weighted by Gasteiger charge is -2.14. The highest BCUT2D eigenvalue weighted by atomic mass is 32.1. The van der Waals surface area contributed by atoms with Gasteiger partial charge in [0.15, 0.2) is 0 Å². The summed E-state index contributed by atoms with van der Waals surface area (Å²) in [4.78, 5) is 8.81. The molecule has 1 unspecified atom stereocenters. The first-order valence-electron chi connectivity index (χ1n) is 6.48. The highest BCUT2D eigenvalue weighted by molar-refractivity contribution is 7.09. The van der Waals surface area contributed by atoms with Gasteiger partial charge in [0.25, 0.3) is 0 Å². The van der Waals surface area contributed by atoms with E-state index in [-0.39, 0.29) is 5.41 Å². The molecule has 0 aliphatic rings. The van der Waals surface area contributed by atoms with E-state index in [1.54, 1.807) is 17.5 Å². The second kappa shape index (κ2) is 5.43. The highest BCUT2D eigenvalue weighted by Crippen LogP contribution is 2.28. The molecule has 104 valence electrons. The van der Waals surface area contributed by atoms with Crippen molar-refractivity contribution in [3.05, 3.63) is 34.3 Å². The molecule has 1 N–H and O–H groups in total. The Kier molecular flexibility index (Phi) is 4.06. The lowest BCUT2D eigenvalue weighted by atomic mass is 9.98. The van der Waals surface area contributed by atoms with E-state index in [1.807, 2.05) is 23.2 Å². The summed E-state index contributed by atoms with van der Waals surface area (Å²) in [5, 5.41) is 13.2. The second-order valence-corrected chi connectivity index (χ2v) is 6.69. The molecule has 0 fully saturated rings. The summed E-state index contributed by atoms with van der Waals surface area (Å²) < 4.78 is 1.98. The number of imidazole rings is 1. The van der Waals surface area contributed by atoms with Crippen molar-refractivity contribution in [2.45, 2.75) is 45.1 Å². The Morgan fingerprint density at radius 3 is 2.68 bits per heavy atom. The Morgan fingerprint density at radius 2 is 2.16 bits per heavy atom. The van der Waals surface area contributed by atoms with Gasteiger partial charge in [0, 0.05) is 36.7 Å². The Hall–Kier alpha value is -1.20. The standard InChI is InChI=1S/C14H21N3OS/c1-14(2,3)13-16-10(9-19-13)11(18)5-6-12-15-7-8-17(12)4/h7-9,11,18H,5-6H2,1-4H3. The summed E-state index contributed by atoms with van der Waals surface area (Å²) in [6.45, 7) is 6.40. The number of nitrogens with zero attached hydrogens (tertiary/aromatic N) is 3. The van der Waals surface area contributed by atoms with Gasteiger partial charge in [-0.1, -0.05) is 20.8 Å². The average Bonchev–Trinajstić information content (AvgIpc) is 2.93. The van der Waals surface area contributed by atoms with Crippen LogP contribution in [0.3, 0.4) is 0 Å². The summed E-state index contributed by atoms with van der Waals surface area (Å²) in [5.74, 6) is 0.991. The minimum atomic E-state index is -0.510. The first kappa shape index (κ1) is 14.2. The summed E-state index contributed by atoms with van der Waals surface area (Å²) in [6, 6.07) is 0. The van der Waals surface area contributed by atoms with Crippen LogP contribution < -0.4 is 0 Å². The molecule has 0 radical (unpaired) electrons. The molecule has 0 saturated heterocycles.